The normalized spacial score (nSPS) is 14.0. The first kappa shape index (κ1) is 20.1. The predicted octanol–water partition coefficient (Wildman–Crippen LogP) is 4.44. The van der Waals surface area contributed by atoms with Gasteiger partial charge in [-0.25, -0.2) is 5.01 Å². The average Bonchev–Trinajstić information content (AvgIpc) is 2.81. The molecule has 3 aromatic rings. The number of rotatable bonds is 6. The molecule has 0 aromatic heterocycles. The molecular formula is C25H22N4O2. The molecular weight excluding hydrogens is 388 g/mol. The molecule has 4 rings (SSSR count). The number of nitrogens with two attached hydrogens (primary N) is 1. The van der Waals surface area contributed by atoms with Crippen LogP contribution in [0.25, 0.3) is 5.70 Å². The molecule has 0 saturated carbocycles. The lowest BCUT2D eigenvalue weighted by Crippen LogP contribution is -2.28. The molecule has 0 radical (unpaired) electrons. The highest BCUT2D eigenvalue weighted by atomic mass is 16.5. The van der Waals surface area contributed by atoms with Gasteiger partial charge in [-0.3, -0.25) is 9.79 Å². The van der Waals surface area contributed by atoms with Crippen LogP contribution in [0.3, 0.4) is 0 Å². The molecule has 1 amide bonds. The summed E-state index contributed by atoms with van der Waals surface area (Å²) < 4.78 is 5.89. The summed E-state index contributed by atoms with van der Waals surface area (Å²) in [6, 6.07) is 27.3. The lowest BCUT2D eigenvalue weighted by molar-refractivity contribution is -0.112. The number of carbonyl (C=O) groups is 1. The Labute approximate surface area is 181 Å². The van der Waals surface area contributed by atoms with Gasteiger partial charge in [0.1, 0.15) is 23.9 Å². The van der Waals surface area contributed by atoms with Crippen LogP contribution < -0.4 is 10.5 Å². The smallest absolute Gasteiger partial charge is 0.264 e. The molecule has 0 saturated heterocycles. The van der Waals surface area contributed by atoms with E-state index in [1.807, 2.05) is 91.0 Å². The van der Waals surface area contributed by atoms with E-state index in [4.69, 9.17) is 10.5 Å². The first-order valence-corrected chi connectivity index (χ1v) is 9.87. The monoisotopic (exact) mass is 410 g/mol. The van der Waals surface area contributed by atoms with Gasteiger partial charge in [0.25, 0.3) is 5.91 Å². The van der Waals surface area contributed by atoms with Gasteiger partial charge in [-0.15, -0.1) is 0 Å². The molecule has 6 heteroatoms. The van der Waals surface area contributed by atoms with Gasteiger partial charge in [0.15, 0.2) is 0 Å². The number of para-hydroxylation sites is 1. The Kier molecular flexibility index (Phi) is 5.89. The number of nitrogens with zero attached hydrogens (tertiary/aromatic N) is 3. The number of hydrogen-bond donors (Lipinski definition) is 1. The number of hydrazone groups is 1. The summed E-state index contributed by atoms with van der Waals surface area (Å²) in [7, 11) is 0. The molecule has 154 valence electrons. The van der Waals surface area contributed by atoms with Gasteiger partial charge < -0.3 is 10.5 Å². The number of hydrogen-bond acceptors (Lipinski definition) is 5. The van der Waals surface area contributed by atoms with Crippen molar-refractivity contribution in [2.24, 2.45) is 15.8 Å². The van der Waals surface area contributed by atoms with E-state index in [1.54, 1.807) is 11.9 Å². The highest BCUT2D eigenvalue weighted by molar-refractivity contribution is 6.37. The minimum atomic E-state index is -0.566. The van der Waals surface area contributed by atoms with Gasteiger partial charge in [0, 0.05) is 5.56 Å². The van der Waals surface area contributed by atoms with Crippen LogP contribution in [0.2, 0.25) is 0 Å². The van der Waals surface area contributed by atoms with E-state index in [2.05, 4.69) is 10.1 Å². The van der Waals surface area contributed by atoms with E-state index >= 15 is 0 Å². The van der Waals surface area contributed by atoms with E-state index in [1.165, 1.54) is 0 Å². The molecule has 6 nitrogen and oxygen atoms in total. The van der Waals surface area contributed by atoms with Crippen LogP contribution in [0.1, 0.15) is 18.1 Å². The van der Waals surface area contributed by atoms with Gasteiger partial charge in [0.05, 0.1) is 11.4 Å². The molecule has 1 aliphatic rings. The van der Waals surface area contributed by atoms with Gasteiger partial charge >= 0.3 is 0 Å². The Morgan fingerprint density at radius 1 is 0.903 bits per heavy atom. The topological polar surface area (TPSA) is 80.3 Å². The van der Waals surface area contributed by atoms with Crippen molar-refractivity contribution in [3.8, 4) is 11.5 Å². The molecule has 3 aromatic carbocycles. The van der Waals surface area contributed by atoms with Crippen LogP contribution >= 0.6 is 0 Å². The van der Waals surface area contributed by atoms with Crippen LogP contribution in [0.4, 0.5) is 0 Å². The molecule has 0 fully saturated rings. The summed E-state index contributed by atoms with van der Waals surface area (Å²) in [6.07, 6.45) is 1.96. The quantitative estimate of drug-likeness (QED) is 0.610. The van der Waals surface area contributed by atoms with Crippen molar-refractivity contribution in [3.05, 3.63) is 102 Å². The zero-order valence-corrected chi connectivity index (χ0v) is 17.1. The van der Waals surface area contributed by atoms with Crippen LogP contribution in [0.15, 0.2) is 101 Å². The molecule has 0 unspecified atom stereocenters. The average molecular weight is 410 g/mol. The zero-order valence-electron chi connectivity index (χ0n) is 17.1. The number of allylic oxidation sites excluding steroid dienone is 1. The van der Waals surface area contributed by atoms with Gasteiger partial charge in [-0.05, 0) is 55.0 Å². The van der Waals surface area contributed by atoms with Crippen molar-refractivity contribution in [1.29, 1.82) is 0 Å². The standard InChI is InChI=1S/C25H22N4O2/c1-18(25(26)30)28-29-17-27-23(19-8-4-2-5-9-19)16-24(29)20-12-14-22(15-13-20)31-21-10-6-3-7-11-21/h2-16H,17H2,1H3,(H2,26,30)/b28-18+. The summed E-state index contributed by atoms with van der Waals surface area (Å²) >= 11 is 0. The Morgan fingerprint density at radius 2 is 1.52 bits per heavy atom. The molecule has 0 bridgehead atoms. The predicted molar refractivity (Wildman–Crippen MR) is 123 cm³/mol. The first-order valence-electron chi connectivity index (χ1n) is 9.87. The second kappa shape index (κ2) is 9.09. The highest BCUT2D eigenvalue weighted by Crippen LogP contribution is 2.28. The second-order valence-corrected chi connectivity index (χ2v) is 6.97. The number of carbonyl (C=O) groups excluding carboxylic acids is 1. The fourth-order valence-electron chi connectivity index (χ4n) is 3.12. The third-order valence-corrected chi connectivity index (χ3v) is 4.75. The second-order valence-electron chi connectivity index (χ2n) is 6.97. The number of primary amides is 1. The third kappa shape index (κ3) is 4.87. The maximum Gasteiger partial charge on any atom is 0.264 e. The minimum Gasteiger partial charge on any atom is -0.457 e. The van der Waals surface area contributed by atoms with Crippen molar-refractivity contribution < 1.29 is 9.53 Å². The maximum atomic E-state index is 11.5. The van der Waals surface area contributed by atoms with Crippen molar-refractivity contribution >= 4 is 23.0 Å². The third-order valence-electron chi connectivity index (χ3n) is 4.75. The van der Waals surface area contributed by atoms with E-state index in [0.29, 0.717) is 0 Å². The summed E-state index contributed by atoms with van der Waals surface area (Å²) in [5, 5.41) is 6.06. The summed E-state index contributed by atoms with van der Waals surface area (Å²) in [5.41, 5.74) is 9.20. The largest absolute Gasteiger partial charge is 0.457 e. The van der Waals surface area contributed by atoms with Crippen LogP contribution in [0.5, 0.6) is 11.5 Å². The number of aliphatic imine (C=N–C) groups is 1. The van der Waals surface area contributed by atoms with Gasteiger partial charge in [-0.2, -0.15) is 5.10 Å². The van der Waals surface area contributed by atoms with Crippen molar-refractivity contribution in [1.82, 2.24) is 5.01 Å². The lowest BCUT2D eigenvalue weighted by atomic mass is 10.0. The maximum absolute atomic E-state index is 11.5. The number of benzene rings is 3. The van der Waals surface area contributed by atoms with E-state index in [0.717, 1.165) is 34.0 Å². The SMILES string of the molecule is C/C(=N\N1CN=C(c2ccccc2)C=C1c1ccc(Oc2ccccc2)cc1)C(N)=O. The molecule has 31 heavy (non-hydrogen) atoms. The Bertz CT molecular complexity index is 1150. The minimum absolute atomic E-state index is 0.216. The fraction of sp³-hybridized carbons (Fsp3) is 0.0800. The molecule has 2 N–H and O–H groups in total. The van der Waals surface area contributed by atoms with Crippen LogP contribution in [0, 0.1) is 0 Å². The van der Waals surface area contributed by atoms with E-state index in [-0.39, 0.29) is 12.4 Å². The molecule has 0 aliphatic carbocycles. The van der Waals surface area contributed by atoms with Crippen molar-refractivity contribution in [2.75, 3.05) is 6.67 Å². The molecule has 0 spiro atoms. The number of amides is 1. The first-order chi connectivity index (χ1) is 15.1. The fourth-order valence-corrected chi connectivity index (χ4v) is 3.12. The highest BCUT2D eigenvalue weighted by Gasteiger charge is 2.19. The van der Waals surface area contributed by atoms with Crippen molar-refractivity contribution in [3.63, 3.8) is 0 Å². The molecule has 1 heterocycles. The van der Waals surface area contributed by atoms with E-state index < -0.39 is 5.91 Å². The van der Waals surface area contributed by atoms with Gasteiger partial charge in [0.2, 0.25) is 0 Å². The van der Waals surface area contributed by atoms with Crippen molar-refractivity contribution in [2.45, 2.75) is 6.92 Å². The Hall–Kier alpha value is -4.19. The Morgan fingerprint density at radius 3 is 2.16 bits per heavy atom. The molecule has 0 atom stereocenters. The summed E-state index contributed by atoms with van der Waals surface area (Å²) in [4.78, 5) is 16.1. The zero-order chi connectivity index (χ0) is 21.6. The van der Waals surface area contributed by atoms with Crippen LogP contribution in [-0.4, -0.2) is 29.0 Å². The lowest BCUT2D eigenvalue weighted by Gasteiger charge is -2.25. The van der Waals surface area contributed by atoms with Crippen LogP contribution in [-0.2, 0) is 4.79 Å². The summed E-state index contributed by atoms with van der Waals surface area (Å²) in [5.74, 6) is 0.935. The number of ether oxygens (including phenoxy) is 1. The molecule has 1 aliphatic heterocycles. The van der Waals surface area contributed by atoms with E-state index in [9.17, 15) is 4.79 Å². The summed E-state index contributed by atoms with van der Waals surface area (Å²) in [6.45, 7) is 1.87. The van der Waals surface area contributed by atoms with Gasteiger partial charge in [-0.1, -0.05) is 48.5 Å². The Balaban J connectivity index is 1.66.